The van der Waals surface area contributed by atoms with Gasteiger partial charge in [0, 0.05) is 35.6 Å². The van der Waals surface area contributed by atoms with E-state index in [0.717, 1.165) is 30.6 Å². The van der Waals surface area contributed by atoms with E-state index in [-0.39, 0.29) is 11.7 Å². The summed E-state index contributed by atoms with van der Waals surface area (Å²) in [5.74, 6) is -0.0196. The number of imidazole rings is 1. The second-order valence-electron chi connectivity index (χ2n) is 7.99. The fourth-order valence-corrected chi connectivity index (χ4v) is 3.83. The van der Waals surface area contributed by atoms with Crippen molar-refractivity contribution in [2.24, 2.45) is 10.1 Å². The first kappa shape index (κ1) is 23.8. The number of aliphatic imine (C=N–C) groups is 1. The van der Waals surface area contributed by atoms with Gasteiger partial charge in [-0.3, -0.25) is 9.78 Å². The zero-order valence-corrected chi connectivity index (χ0v) is 19.1. The number of amides is 1. The van der Waals surface area contributed by atoms with Crippen molar-refractivity contribution in [3.8, 4) is 5.69 Å². The number of hydrogen-bond donors (Lipinski definition) is 2. The van der Waals surface area contributed by atoms with E-state index in [2.05, 4.69) is 30.4 Å². The Kier molecular flexibility index (Phi) is 7.63. The first-order valence-corrected chi connectivity index (χ1v) is 11.1. The number of nitrogens with zero attached hydrogens (tertiary/aromatic N) is 8. The molecule has 11 nitrogen and oxygen atoms in total. The molecule has 11 heteroatoms. The van der Waals surface area contributed by atoms with Crippen LogP contribution in [0.15, 0.2) is 77.5 Å². The van der Waals surface area contributed by atoms with Crippen molar-refractivity contribution in [2.45, 2.75) is 32.0 Å². The number of aliphatic hydroxyl groups excluding tert-OH is 1. The molecular formula is C24H25N9O2. The van der Waals surface area contributed by atoms with Gasteiger partial charge >= 0.3 is 0 Å². The van der Waals surface area contributed by atoms with E-state index in [9.17, 15) is 9.90 Å². The van der Waals surface area contributed by atoms with Gasteiger partial charge in [-0.05, 0) is 66.3 Å². The van der Waals surface area contributed by atoms with E-state index in [0.29, 0.717) is 11.5 Å². The highest BCUT2D eigenvalue weighted by Crippen LogP contribution is 2.22. The smallest absolute Gasteiger partial charge is 0.251 e. The fourth-order valence-electron chi connectivity index (χ4n) is 3.83. The molecule has 178 valence electrons. The van der Waals surface area contributed by atoms with Gasteiger partial charge in [0.2, 0.25) is 0 Å². The van der Waals surface area contributed by atoms with Crippen LogP contribution in [0.2, 0.25) is 0 Å². The number of piperidine rings is 1. The topological polar surface area (TPSA) is 144 Å². The highest BCUT2D eigenvalue weighted by molar-refractivity contribution is 6.00. The van der Waals surface area contributed by atoms with Gasteiger partial charge in [-0.1, -0.05) is 18.2 Å². The molecule has 2 aliphatic rings. The molecule has 1 aromatic carbocycles. The van der Waals surface area contributed by atoms with Crippen molar-refractivity contribution in [3.05, 3.63) is 94.7 Å². The molecule has 35 heavy (non-hydrogen) atoms. The summed E-state index contributed by atoms with van der Waals surface area (Å²) in [6.45, 7) is 2.68. The minimum Gasteiger partial charge on any atom is -0.389 e. The number of hydrogen-bond acceptors (Lipinski definition) is 7. The Hall–Kier alpha value is -4.31. The van der Waals surface area contributed by atoms with Crippen LogP contribution in [0.4, 0.5) is 0 Å². The Morgan fingerprint density at radius 2 is 2.11 bits per heavy atom. The van der Waals surface area contributed by atoms with Gasteiger partial charge in [0.1, 0.15) is 12.0 Å². The Labute approximate surface area is 202 Å². The highest BCUT2D eigenvalue weighted by Gasteiger charge is 2.34. The van der Waals surface area contributed by atoms with Crippen molar-refractivity contribution >= 4 is 17.8 Å². The molecular weight excluding hydrogens is 446 g/mol. The molecule has 1 fully saturated rings. The third-order valence-electron chi connectivity index (χ3n) is 5.47. The van der Waals surface area contributed by atoms with E-state index < -0.39 is 12.0 Å². The summed E-state index contributed by atoms with van der Waals surface area (Å²) in [6, 6.07) is 11.0. The van der Waals surface area contributed by atoms with Crippen molar-refractivity contribution < 1.29 is 9.90 Å². The molecule has 5 rings (SSSR count). The Bertz CT molecular complexity index is 1250. The summed E-state index contributed by atoms with van der Waals surface area (Å²) in [5.41, 5.74) is 14.2. The molecule has 2 aliphatic heterocycles. The number of azide groups is 1. The lowest BCUT2D eigenvalue weighted by atomic mass is 10.1. The third kappa shape index (κ3) is 5.98. The largest absolute Gasteiger partial charge is 0.389 e. The van der Waals surface area contributed by atoms with Gasteiger partial charge in [0.15, 0.2) is 0 Å². The van der Waals surface area contributed by atoms with E-state index >= 15 is 0 Å². The van der Waals surface area contributed by atoms with Crippen molar-refractivity contribution in [1.29, 1.82) is 0 Å². The average Bonchev–Trinajstić information content (AvgIpc) is 3.51. The van der Waals surface area contributed by atoms with Gasteiger partial charge in [-0.2, -0.15) is 5.01 Å². The predicted octanol–water partition coefficient (Wildman–Crippen LogP) is 3.43. The molecule has 2 unspecified atom stereocenters. The minimum atomic E-state index is -0.666. The number of nitrogens with one attached hydrogen (secondary N) is 1. The number of pyridine rings is 1. The molecule has 2 N–H and O–H groups in total. The van der Waals surface area contributed by atoms with Crippen LogP contribution in [0.25, 0.3) is 22.2 Å². The maximum Gasteiger partial charge on any atom is 0.251 e. The zero-order chi connectivity index (χ0) is 24.6. The summed E-state index contributed by atoms with van der Waals surface area (Å²) in [5, 5.41) is 15.2. The number of carbonyl (C=O) groups is 1. The number of fused-ring (bicyclic) bond motifs is 1. The number of hydrazine groups is 1. The molecule has 0 spiro atoms. The summed E-state index contributed by atoms with van der Waals surface area (Å²) < 4.78 is 1.71. The molecule has 0 aliphatic carbocycles. The average molecular weight is 472 g/mol. The van der Waals surface area contributed by atoms with Crippen LogP contribution in [0.5, 0.6) is 0 Å². The highest BCUT2D eigenvalue weighted by atomic mass is 16.3. The van der Waals surface area contributed by atoms with Crippen molar-refractivity contribution in [1.82, 2.24) is 25.0 Å². The molecule has 1 amide bonds. The van der Waals surface area contributed by atoms with Crippen molar-refractivity contribution in [3.63, 3.8) is 0 Å². The summed E-state index contributed by atoms with van der Waals surface area (Å²) in [4.78, 5) is 27.4. The Balaban J connectivity index is 0.000000421. The second-order valence-corrected chi connectivity index (χ2v) is 7.99. The lowest BCUT2D eigenvalue weighted by Gasteiger charge is -2.31. The number of rotatable bonds is 4. The Morgan fingerprint density at radius 1 is 1.29 bits per heavy atom. The number of carbonyl (C=O) groups excluding carboxylic acids is 1. The van der Waals surface area contributed by atoms with Crippen LogP contribution in [-0.2, 0) is 0 Å². The summed E-state index contributed by atoms with van der Waals surface area (Å²) >= 11 is 0. The first-order valence-electron chi connectivity index (χ1n) is 11.1. The SMILES string of the molecule is Cc1cn(-c2ccc(/C=C/C3=NC4C(O)CCCN4N3)cc2C(=O)N=[N+]=[N-])cn1.c1ccncc1. The van der Waals surface area contributed by atoms with E-state index in [1.165, 1.54) is 0 Å². The van der Waals surface area contributed by atoms with Gasteiger partial charge in [-0.15, -0.1) is 0 Å². The van der Waals surface area contributed by atoms with Crippen LogP contribution in [-0.4, -0.2) is 55.2 Å². The molecule has 3 aromatic rings. The molecule has 0 bridgehead atoms. The zero-order valence-electron chi connectivity index (χ0n) is 19.1. The van der Waals surface area contributed by atoms with Crippen LogP contribution in [0.1, 0.15) is 34.5 Å². The van der Waals surface area contributed by atoms with Gasteiger partial charge < -0.3 is 15.1 Å². The molecule has 2 aromatic heterocycles. The molecule has 4 heterocycles. The second kappa shape index (κ2) is 11.2. The number of aromatic nitrogens is 3. The molecule has 2 atom stereocenters. The first-order chi connectivity index (χ1) is 17.0. The number of aryl methyl sites for hydroxylation is 1. The number of benzene rings is 1. The predicted molar refractivity (Wildman–Crippen MR) is 131 cm³/mol. The normalized spacial score (nSPS) is 19.1. The van der Waals surface area contributed by atoms with Crippen LogP contribution in [0.3, 0.4) is 0 Å². The summed E-state index contributed by atoms with van der Waals surface area (Å²) in [6.07, 6.45) is 11.4. The molecule has 0 saturated carbocycles. The van der Waals surface area contributed by atoms with Crippen LogP contribution < -0.4 is 5.43 Å². The summed E-state index contributed by atoms with van der Waals surface area (Å²) in [7, 11) is 0. The van der Waals surface area contributed by atoms with Crippen LogP contribution >= 0.6 is 0 Å². The lowest BCUT2D eigenvalue weighted by Crippen LogP contribution is -2.49. The van der Waals surface area contributed by atoms with Crippen molar-refractivity contribution in [2.75, 3.05) is 6.54 Å². The lowest BCUT2D eigenvalue weighted by molar-refractivity contribution is 0.0120. The minimum absolute atomic E-state index is 0.266. The van der Waals surface area contributed by atoms with Gasteiger partial charge in [0.25, 0.3) is 5.91 Å². The van der Waals surface area contributed by atoms with Gasteiger partial charge in [-0.25, -0.2) is 9.98 Å². The van der Waals surface area contributed by atoms with Crippen LogP contribution in [0, 0.1) is 6.92 Å². The monoisotopic (exact) mass is 471 g/mol. The maximum atomic E-state index is 12.3. The number of aliphatic hydroxyl groups is 1. The number of amidine groups is 1. The third-order valence-corrected chi connectivity index (χ3v) is 5.47. The Morgan fingerprint density at radius 3 is 2.74 bits per heavy atom. The molecule has 1 saturated heterocycles. The quantitative estimate of drug-likeness (QED) is 0.339. The molecule has 0 radical (unpaired) electrons. The van der Waals surface area contributed by atoms with E-state index in [4.69, 9.17) is 5.53 Å². The van der Waals surface area contributed by atoms with E-state index in [1.807, 2.05) is 42.3 Å². The maximum absolute atomic E-state index is 12.3. The van der Waals surface area contributed by atoms with Gasteiger partial charge in [0.05, 0.1) is 23.8 Å². The fraction of sp³-hybridized carbons (Fsp3) is 0.250. The standard InChI is InChI=1S/C19H20N8O2.C5H5N/c1-12-10-26(11-21-12)15-6-4-13(9-14(15)19(29)23-25-20)5-7-17-22-18-16(28)3-2-8-27(18)24-17;1-2-4-6-5-3-1/h4-7,9-11,16,18,28H,2-3,8H2,1H3,(H,22,24);1-5H/b7-5+;. The van der Waals surface area contributed by atoms with E-state index in [1.54, 1.807) is 47.7 Å².